The topological polar surface area (TPSA) is 189 Å². The first-order chi connectivity index (χ1) is 34.2. The van der Waals surface area contributed by atoms with E-state index in [1.807, 2.05) is 0 Å². The molecule has 1 heterocycles. The maximum absolute atomic E-state index is 13.2. The van der Waals surface area contributed by atoms with E-state index in [1.54, 1.807) is 0 Å². The van der Waals surface area contributed by atoms with Crippen LogP contribution in [-0.4, -0.2) is 110 Å². The number of hydrogen-bond donors (Lipinski definition) is 8. The molecule has 0 aromatic heterocycles. The Morgan fingerprint density at radius 2 is 0.843 bits per heavy atom. The van der Waals surface area contributed by atoms with Crippen molar-refractivity contribution in [2.24, 2.45) is 0 Å². The number of carbonyl (C=O) groups is 1. The number of aliphatic hydroxyl groups excluding tert-OH is 7. The van der Waals surface area contributed by atoms with Crippen molar-refractivity contribution in [1.29, 1.82) is 0 Å². The largest absolute Gasteiger partial charge is 0.394 e. The molecular weight excluding hydrogens is 883 g/mol. The minimum atomic E-state index is -1.66. The summed E-state index contributed by atoms with van der Waals surface area (Å²) in [6, 6.07) is -1.18. The van der Waals surface area contributed by atoms with E-state index in [4.69, 9.17) is 9.47 Å². The average molecular weight is 999 g/mol. The van der Waals surface area contributed by atoms with Crippen molar-refractivity contribution < 1.29 is 50.0 Å². The van der Waals surface area contributed by atoms with E-state index < -0.39 is 74.2 Å². The van der Waals surface area contributed by atoms with E-state index >= 15 is 0 Å². The lowest BCUT2D eigenvalue weighted by Crippen LogP contribution is -2.60. The van der Waals surface area contributed by atoms with Crippen LogP contribution in [0.25, 0.3) is 0 Å². The minimum absolute atomic E-state index is 0.259. The number of amides is 1. The van der Waals surface area contributed by atoms with Crippen LogP contribution in [0.2, 0.25) is 0 Å². The van der Waals surface area contributed by atoms with Crippen molar-refractivity contribution in [3.63, 3.8) is 0 Å². The van der Waals surface area contributed by atoms with Crippen LogP contribution in [-0.2, 0) is 14.3 Å². The second kappa shape index (κ2) is 48.8. The highest BCUT2D eigenvalue weighted by Gasteiger charge is 2.44. The molecule has 9 atom stereocenters. The third-order valence-corrected chi connectivity index (χ3v) is 14.8. The number of unbranched alkanes of at least 4 members (excludes halogenated alkanes) is 38. The smallest absolute Gasteiger partial charge is 0.249 e. The van der Waals surface area contributed by atoms with E-state index in [0.717, 1.165) is 38.5 Å². The highest BCUT2D eigenvalue weighted by atomic mass is 16.7. The lowest BCUT2D eigenvalue weighted by Gasteiger charge is -2.40. The number of nitrogens with one attached hydrogen (secondary N) is 1. The quantitative estimate of drug-likeness (QED) is 0.0215. The molecule has 11 nitrogen and oxygen atoms in total. The summed E-state index contributed by atoms with van der Waals surface area (Å²) in [4.78, 5) is 13.2. The van der Waals surface area contributed by atoms with E-state index in [0.29, 0.717) is 12.8 Å². The first-order valence-corrected chi connectivity index (χ1v) is 30.1. The van der Waals surface area contributed by atoms with Gasteiger partial charge in [0.2, 0.25) is 5.91 Å². The van der Waals surface area contributed by atoms with Gasteiger partial charge in [0.25, 0.3) is 0 Å². The molecule has 0 aromatic carbocycles. The molecule has 0 saturated carbocycles. The molecule has 1 amide bonds. The summed E-state index contributed by atoms with van der Waals surface area (Å²) in [5, 5.41) is 76.1. The van der Waals surface area contributed by atoms with Crippen LogP contribution in [0, 0.1) is 0 Å². The third-order valence-electron chi connectivity index (χ3n) is 14.8. The Morgan fingerprint density at radius 3 is 1.23 bits per heavy atom. The van der Waals surface area contributed by atoms with E-state index in [-0.39, 0.29) is 12.8 Å². The van der Waals surface area contributed by atoms with Gasteiger partial charge in [0.15, 0.2) is 6.29 Å². The normalized spacial score (nSPS) is 20.3. The summed E-state index contributed by atoms with van der Waals surface area (Å²) in [6.07, 6.45) is 45.6. The number of aliphatic hydroxyl groups is 7. The van der Waals surface area contributed by atoms with Gasteiger partial charge in [-0.2, -0.15) is 0 Å². The molecule has 416 valence electrons. The van der Waals surface area contributed by atoms with Crippen molar-refractivity contribution in [3.05, 3.63) is 12.2 Å². The van der Waals surface area contributed by atoms with Crippen LogP contribution in [0.3, 0.4) is 0 Å². The molecule has 11 heteroatoms. The fraction of sp³-hybridized carbons (Fsp3) is 0.949. The summed E-state index contributed by atoms with van der Waals surface area (Å²) in [7, 11) is 0. The highest BCUT2D eigenvalue weighted by molar-refractivity contribution is 5.80. The zero-order valence-electron chi connectivity index (χ0n) is 45.5. The summed E-state index contributed by atoms with van der Waals surface area (Å²) < 4.78 is 11.1. The van der Waals surface area contributed by atoms with Crippen LogP contribution < -0.4 is 5.32 Å². The number of allylic oxidation sites excluding steroid dienone is 2. The van der Waals surface area contributed by atoms with Gasteiger partial charge in [-0.05, 0) is 38.5 Å². The molecule has 9 unspecified atom stereocenters. The third kappa shape index (κ3) is 36.7. The van der Waals surface area contributed by atoms with E-state index in [9.17, 15) is 40.5 Å². The van der Waals surface area contributed by atoms with Gasteiger partial charge in [-0.3, -0.25) is 4.79 Å². The standard InChI is InChI=1S/C59H115NO10/c1-3-5-7-9-11-13-15-17-19-21-22-23-24-25-26-27-28-29-31-32-34-36-38-40-42-44-46-51(62)54(64)50(49-69-59-57(67)56(66)55(65)53(48-61)70-59)60-58(68)52(63)47-45-43-41-39-37-35-33-30-20-18-16-14-12-10-8-6-4-2/h38,40,50-57,59,61-67H,3-37,39,41-49H2,1-2H3,(H,60,68)/b40-38+. The zero-order chi connectivity index (χ0) is 51.1. The van der Waals surface area contributed by atoms with Crippen molar-refractivity contribution in [3.8, 4) is 0 Å². The van der Waals surface area contributed by atoms with Crippen LogP contribution in [0.15, 0.2) is 12.2 Å². The second-order valence-corrected chi connectivity index (χ2v) is 21.4. The lowest BCUT2D eigenvalue weighted by molar-refractivity contribution is -0.303. The average Bonchev–Trinajstić information content (AvgIpc) is 3.36. The summed E-state index contributed by atoms with van der Waals surface area (Å²) in [6.45, 7) is 3.48. The van der Waals surface area contributed by atoms with Gasteiger partial charge in [0.05, 0.1) is 25.4 Å². The number of ether oxygens (including phenoxy) is 2. The molecule has 1 fully saturated rings. The van der Waals surface area contributed by atoms with Crippen molar-refractivity contribution >= 4 is 5.91 Å². The molecule has 70 heavy (non-hydrogen) atoms. The molecule has 0 spiro atoms. The van der Waals surface area contributed by atoms with Crippen LogP contribution in [0.1, 0.15) is 290 Å². The Kier molecular flexibility index (Phi) is 46.6. The molecule has 0 bridgehead atoms. The molecule has 0 aromatic rings. The van der Waals surface area contributed by atoms with Crippen molar-refractivity contribution in [2.75, 3.05) is 13.2 Å². The molecular formula is C59H115NO10. The predicted octanol–water partition coefficient (Wildman–Crippen LogP) is 12.7. The van der Waals surface area contributed by atoms with Crippen LogP contribution >= 0.6 is 0 Å². The lowest BCUT2D eigenvalue weighted by atomic mass is 9.98. The van der Waals surface area contributed by atoms with Gasteiger partial charge < -0.3 is 50.5 Å². The molecule has 1 saturated heterocycles. The first kappa shape index (κ1) is 66.9. The molecule has 1 rings (SSSR count). The Bertz CT molecular complexity index is 1140. The monoisotopic (exact) mass is 998 g/mol. The Hall–Kier alpha value is -1.15. The van der Waals surface area contributed by atoms with E-state index in [1.165, 1.54) is 212 Å². The van der Waals surface area contributed by atoms with Crippen molar-refractivity contribution in [2.45, 2.75) is 345 Å². The van der Waals surface area contributed by atoms with Gasteiger partial charge in [0.1, 0.15) is 36.6 Å². The van der Waals surface area contributed by atoms with Gasteiger partial charge in [-0.25, -0.2) is 0 Å². The number of hydrogen-bond acceptors (Lipinski definition) is 10. The SMILES string of the molecule is CCCCCCCCCCCCCCCCCCCCCCC/C=C/CCCC(O)C(O)C(COC1OC(CO)C(O)C(O)C1O)NC(=O)C(O)CCCCCCCCCCCCCCCCCCC. The molecule has 0 aliphatic carbocycles. The van der Waals surface area contributed by atoms with Gasteiger partial charge in [-0.15, -0.1) is 0 Å². The minimum Gasteiger partial charge on any atom is -0.394 e. The number of rotatable bonds is 52. The first-order valence-electron chi connectivity index (χ1n) is 30.1. The molecule has 8 N–H and O–H groups in total. The van der Waals surface area contributed by atoms with Gasteiger partial charge in [0, 0.05) is 0 Å². The molecule has 0 radical (unpaired) electrons. The van der Waals surface area contributed by atoms with E-state index in [2.05, 4.69) is 31.3 Å². The summed E-state index contributed by atoms with van der Waals surface area (Å²) >= 11 is 0. The summed E-state index contributed by atoms with van der Waals surface area (Å²) in [5.74, 6) is -0.701. The van der Waals surface area contributed by atoms with Crippen LogP contribution in [0.4, 0.5) is 0 Å². The Morgan fingerprint density at radius 1 is 0.486 bits per heavy atom. The maximum Gasteiger partial charge on any atom is 0.249 e. The van der Waals surface area contributed by atoms with Crippen molar-refractivity contribution in [1.82, 2.24) is 5.32 Å². The van der Waals surface area contributed by atoms with Crippen LogP contribution in [0.5, 0.6) is 0 Å². The summed E-state index contributed by atoms with van der Waals surface area (Å²) in [5.41, 5.74) is 0. The predicted molar refractivity (Wildman–Crippen MR) is 289 cm³/mol. The Labute approximate surface area is 430 Å². The molecule has 1 aliphatic rings. The second-order valence-electron chi connectivity index (χ2n) is 21.4. The highest BCUT2D eigenvalue weighted by Crippen LogP contribution is 2.23. The Balaban J connectivity index is 2.29. The zero-order valence-corrected chi connectivity index (χ0v) is 45.5. The fourth-order valence-electron chi connectivity index (χ4n) is 9.92. The molecule has 1 aliphatic heterocycles. The number of carbonyl (C=O) groups excluding carboxylic acids is 1. The maximum atomic E-state index is 13.2. The van der Waals surface area contributed by atoms with Gasteiger partial charge >= 0.3 is 0 Å². The van der Waals surface area contributed by atoms with Gasteiger partial charge in [-0.1, -0.05) is 264 Å². The fourth-order valence-corrected chi connectivity index (χ4v) is 9.92.